The van der Waals surface area contributed by atoms with E-state index in [2.05, 4.69) is 34.6 Å². The van der Waals surface area contributed by atoms with Crippen LogP contribution in [0.1, 0.15) is 25.3 Å². The molecule has 3 aromatic heterocycles. The van der Waals surface area contributed by atoms with Crippen molar-refractivity contribution < 1.29 is 0 Å². The molecule has 0 saturated carbocycles. The van der Waals surface area contributed by atoms with Crippen molar-refractivity contribution in [1.29, 1.82) is 0 Å². The second-order valence-corrected chi connectivity index (χ2v) is 6.70. The first kappa shape index (κ1) is 16.1. The van der Waals surface area contributed by atoms with E-state index in [9.17, 15) is 4.79 Å². The minimum atomic E-state index is -0.0261. The summed E-state index contributed by atoms with van der Waals surface area (Å²) in [6.07, 6.45) is 5.52. The maximum absolute atomic E-state index is 12.2. The van der Waals surface area contributed by atoms with Crippen molar-refractivity contribution in [2.75, 3.05) is 19.6 Å². The van der Waals surface area contributed by atoms with Crippen LogP contribution in [0.5, 0.6) is 0 Å². The third kappa shape index (κ3) is 3.12. The molecule has 0 aliphatic carbocycles. The Morgan fingerprint density at radius 1 is 1.08 bits per heavy atom. The second-order valence-electron chi connectivity index (χ2n) is 6.70. The Hall–Kier alpha value is -2.40. The molecular formula is C20H24N4O. The summed E-state index contributed by atoms with van der Waals surface area (Å²) in [5.74, 6) is 0. The summed E-state index contributed by atoms with van der Waals surface area (Å²) in [5, 5.41) is 4.69. The van der Waals surface area contributed by atoms with Gasteiger partial charge in [-0.25, -0.2) is 4.68 Å². The smallest absolute Gasteiger partial charge is 0.266 e. The van der Waals surface area contributed by atoms with E-state index >= 15 is 0 Å². The van der Waals surface area contributed by atoms with E-state index in [1.165, 1.54) is 18.4 Å². The van der Waals surface area contributed by atoms with Crippen LogP contribution in [0.15, 0.2) is 47.4 Å². The summed E-state index contributed by atoms with van der Waals surface area (Å²) < 4.78 is 3.78. The fraction of sp³-hybridized carbons (Fsp3) is 0.400. The van der Waals surface area contributed by atoms with Crippen molar-refractivity contribution in [2.45, 2.75) is 32.7 Å². The number of hydrogen-bond acceptors (Lipinski definition) is 3. The summed E-state index contributed by atoms with van der Waals surface area (Å²) in [6, 6.07) is 11.9. The van der Waals surface area contributed by atoms with E-state index < -0.39 is 0 Å². The van der Waals surface area contributed by atoms with Crippen molar-refractivity contribution in [1.82, 2.24) is 19.1 Å². The summed E-state index contributed by atoms with van der Waals surface area (Å²) in [6.45, 7) is 5.97. The Bertz CT molecular complexity index is 934. The Morgan fingerprint density at radius 3 is 2.72 bits per heavy atom. The zero-order valence-corrected chi connectivity index (χ0v) is 14.7. The SMILES string of the molecule is CCc1cc2ccccn2c1-c1ccc(=O)n(CCN2CCCC2)n1. The van der Waals surface area contributed by atoms with Crippen molar-refractivity contribution in [3.8, 4) is 11.4 Å². The topological polar surface area (TPSA) is 42.5 Å². The molecule has 0 N–H and O–H groups in total. The lowest BCUT2D eigenvalue weighted by Crippen LogP contribution is -2.30. The van der Waals surface area contributed by atoms with Crippen LogP contribution in [0.25, 0.3) is 16.9 Å². The van der Waals surface area contributed by atoms with Crippen LogP contribution in [-0.4, -0.2) is 38.7 Å². The molecule has 1 aliphatic heterocycles. The summed E-state index contributed by atoms with van der Waals surface area (Å²) >= 11 is 0. The molecule has 1 saturated heterocycles. The third-order valence-electron chi connectivity index (χ3n) is 5.08. The first-order chi connectivity index (χ1) is 12.3. The van der Waals surface area contributed by atoms with Gasteiger partial charge >= 0.3 is 0 Å². The highest BCUT2D eigenvalue weighted by molar-refractivity contribution is 5.69. The largest absolute Gasteiger partial charge is 0.315 e. The highest BCUT2D eigenvalue weighted by atomic mass is 16.1. The van der Waals surface area contributed by atoms with E-state index in [0.717, 1.165) is 43.0 Å². The molecule has 0 atom stereocenters. The fourth-order valence-corrected chi connectivity index (χ4v) is 3.71. The quantitative estimate of drug-likeness (QED) is 0.719. The van der Waals surface area contributed by atoms with Gasteiger partial charge < -0.3 is 9.30 Å². The molecule has 5 nitrogen and oxygen atoms in total. The van der Waals surface area contributed by atoms with Crippen molar-refractivity contribution in [3.63, 3.8) is 0 Å². The lowest BCUT2D eigenvalue weighted by atomic mass is 10.1. The highest BCUT2D eigenvalue weighted by Crippen LogP contribution is 2.26. The van der Waals surface area contributed by atoms with E-state index in [-0.39, 0.29) is 5.56 Å². The van der Waals surface area contributed by atoms with E-state index in [1.54, 1.807) is 10.7 Å². The molecule has 1 fully saturated rings. The van der Waals surface area contributed by atoms with Gasteiger partial charge in [0.25, 0.3) is 5.56 Å². The van der Waals surface area contributed by atoms with E-state index in [4.69, 9.17) is 5.10 Å². The molecule has 130 valence electrons. The van der Waals surface area contributed by atoms with Gasteiger partial charge in [-0.1, -0.05) is 13.0 Å². The van der Waals surface area contributed by atoms with Crippen molar-refractivity contribution >= 4 is 5.52 Å². The van der Waals surface area contributed by atoms with Gasteiger partial charge in [-0.05, 0) is 62.2 Å². The number of pyridine rings is 1. The van der Waals surface area contributed by atoms with Crippen LogP contribution < -0.4 is 5.56 Å². The van der Waals surface area contributed by atoms with Gasteiger partial charge in [0.1, 0.15) is 5.69 Å². The molecule has 0 spiro atoms. The van der Waals surface area contributed by atoms with Gasteiger partial charge in [0.05, 0.1) is 12.2 Å². The van der Waals surface area contributed by atoms with E-state index in [1.807, 2.05) is 18.2 Å². The van der Waals surface area contributed by atoms with Crippen molar-refractivity contribution in [2.24, 2.45) is 0 Å². The number of nitrogens with zero attached hydrogens (tertiary/aromatic N) is 4. The monoisotopic (exact) mass is 336 g/mol. The summed E-state index contributed by atoms with van der Waals surface area (Å²) in [5.41, 5.74) is 4.34. The molecule has 1 aliphatic rings. The molecule has 0 unspecified atom stereocenters. The molecule has 4 heterocycles. The van der Waals surface area contributed by atoms with Crippen LogP contribution in [-0.2, 0) is 13.0 Å². The molecule has 0 aromatic carbocycles. The molecule has 5 heteroatoms. The van der Waals surface area contributed by atoms with Crippen LogP contribution >= 0.6 is 0 Å². The van der Waals surface area contributed by atoms with Crippen LogP contribution in [0.2, 0.25) is 0 Å². The van der Waals surface area contributed by atoms with Gasteiger partial charge in [0, 0.05) is 24.3 Å². The minimum Gasteiger partial charge on any atom is -0.315 e. The van der Waals surface area contributed by atoms with Crippen molar-refractivity contribution in [3.05, 3.63) is 58.5 Å². The lowest BCUT2D eigenvalue weighted by Gasteiger charge is -2.15. The van der Waals surface area contributed by atoms with Crippen LogP contribution in [0.3, 0.4) is 0 Å². The normalized spacial score (nSPS) is 15.2. The Balaban J connectivity index is 1.71. The van der Waals surface area contributed by atoms with Gasteiger partial charge in [-0.15, -0.1) is 0 Å². The molecule has 0 amide bonds. The van der Waals surface area contributed by atoms with Gasteiger partial charge in [-0.3, -0.25) is 4.79 Å². The Morgan fingerprint density at radius 2 is 1.92 bits per heavy atom. The number of likely N-dealkylation sites (tertiary alicyclic amines) is 1. The molecular weight excluding hydrogens is 312 g/mol. The Labute approximate surface area is 147 Å². The molecule has 0 radical (unpaired) electrons. The van der Waals surface area contributed by atoms with E-state index in [0.29, 0.717) is 6.54 Å². The second kappa shape index (κ2) is 6.84. The molecule has 0 bridgehead atoms. The summed E-state index contributed by atoms with van der Waals surface area (Å²) in [4.78, 5) is 14.6. The fourth-order valence-electron chi connectivity index (χ4n) is 3.71. The minimum absolute atomic E-state index is 0.0261. The average Bonchev–Trinajstić information content (AvgIpc) is 3.28. The predicted molar refractivity (Wildman–Crippen MR) is 99.9 cm³/mol. The third-order valence-corrected chi connectivity index (χ3v) is 5.08. The van der Waals surface area contributed by atoms with Gasteiger partial charge in [0.2, 0.25) is 0 Å². The standard InChI is InChI=1S/C20H24N4O/c1-2-16-15-17-7-3-4-12-23(17)20(16)18-8-9-19(25)24(21-18)14-13-22-10-5-6-11-22/h3-4,7-9,12,15H,2,5-6,10-11,13-14H2,1H3. The van der Waals surface area contributed by atoms with Crippen LogP contribution in [0, 0.1) is 0 Å². The maximum Gasteiger partial charge on any atom is 0.266 e. The highest BCUT2D eigenvalue weighted by Gasteiger charge is 2.15. The molecule has 4 rings (SSSR count). The number of aryl methyl sites for hydroxylation is 1. The Kier molecular flexibility index (Phi) is 4.40. The zero-order valence-electron chi connectivity index (χ0n) is 14.7. The maximum atomic E-state index is 12.2. The average molecular weight is 336 g/mol. The zero-order chi connectivity index (χ0) is 17.2. The number of hydrogen-bond donors (Lipinski definition) is 0. The lowest BCUT2D eigenvalue weighted by molar-refractivity contribution is 0.312. The molecule has 25 heavy (non-hydrogen) atoms. The molecule has 3 aromatic rings. The van der Waals surface area contributed by atoms with Gasteiger partial charge in [-0.2, -0.15) is 5.10 Å². The number of fused-ring (bicyclic) bond motifs is 1. The number of aromatic nitrogens is 3. The number of rotatable bonds is 5. The predicted octanol–water partition coefficient (Wildman–Crippen LogP) is 2.82. The first-order valence-electron chi connectivity index (χ1n) is 9.16. The summed E-state index contributed by atoms with van der Waals surface area (Å²) in [7, 11) is 0. The first-order valence-corrected chi connectivity index (χ1v) is 9.16. The van der Waals surface area contributed by atoms with Gasteiger partial charge in [0.15, 0.2) is 0 Å². The van der Waals surface area contributed by atoms with Crippen LogP contribution in [0.4, 0.5) is 0 Å².